The third kappa shape index (κ3) is 5.39. The normalized spacial score (nSPS) is 19.6. The van der Waals surface area contributed by atoms with Crippen LogP contribution in [0.4, 0.5) is 11.4 Å². The van der Waals surface area contributed by atoms with E-state index < -0.39 is 32.0 Å². The van der Waals surface area contributed by atoms with E-state index in [1.807, 2.05) is 44.2 Å². The molecule has 4 rings (SSSR count). The third-order valence-electron chi connectivity index (χ3n) is 5.92. The Kier molecular flexibility index (Phi) is 6.84. The summed E-state index contributed by atoms with van der Waals surface area (Å²) in [5.74, 6) is -0.720. The van der Waals surface area contributed by atoms with Crippen LogP contribution in [0.5, 0.6) is 0 Å². The minimum absolute atomic E-state index is 0.0571. The van der Waals surface area contributed by atoms with Gasteiger partial charge in [-0.15, -0.1) is 4.40 Å². The van der Waals surface area contributed by atoms with Gasteiger partial charge in [0.05, 0.1) is 18.0 Å². The molecular weight excluding hydrogens is 504 g/mol. The van der Waals surface area contributed by atoms with Crippen LogP contribution in [-0.2, 0) is 24.8 Å². The molecule has 0 saturated heterocycles. The van der Waals surface area contributed by atoms with Crippen molar-refractivity contribution in [3.05, 3.63) is 65.4 Å². The van der Waals surface area contributed by atoms with Gasteiger partial charge in [-0.05, 0) is 36.1 Å². The number of carbonyl (C=O) groups excluding carboxylic acids is 1. The van der Waals surface area contributed by atoms with Crippen LogP contribution >= 0.6 is 0 Å². The number of hydrogen-bond donors (Lipinski definition) is 3. The summed E-state index contributed by atoms with van der Waals surface area (Å²) in [6.07, 6.45) is 1.78. The van der Waals surface area contributed by atoms with Gasteiger partial charge in [0.15, 0.2) is 5.84 Å². The Labute approximate surface area is 210 Å². The molecule has 10 nitrogen and oxygen atoms in total. The zero-order valence-electron chi connectivity index (χ0n) is 20.1. The van der Waals surface area contributed by atoms with Crippen LogP contribution in [0.1, 0.15) is 38.3 Å². The van der Waals surface area contributed by atoms with E-state index in [4.69, 9.17) is 0 Å². The van der Waals surface area contributed by atoms with Crippen molar-refractivity contribution >= 4 is 43.2 Å². The lowest BCUT2D eigenvalue weighted by molar-refractivity contribution is -0.130. The van der Waals surface area contributed by atoms with Crippen molar-refractivity contribution < 1.29 is 26.7 Å². The highest BCUT2D eigenvalue weighted by molar-refractivity contribution is 7.92. The molecule has 3 N–H and O–H groups in total. The fourth-order valence-electron chi connectivity index (χ4n) is 4.21. The number of aliphatic hydroxyl groups is 1. The summed E-state index contributed by atoms with van der Waals surface area (Å²) in [4.78, 5) is 15.1. The summed E-state index contributed by atoms with van der Waals surface area (Å²) in [7, 11) is -7.92. The molecule has 2 heterocycles. The summed E-state index contributed by atoms with van der Waals surface area (Å²) in [6.45, 7) is 4.51. The molecule has 0 bridgehead atoms. The molecule has 2 aromatic rings. The van der Waals surface area contributed by atoms with Gasteiger partial charge in [-0.3, -0.25) is 9.52 Å². The number of carbonyl (C=O) groups is 1. The molecule has 0 spiro atoms. The van der Waals surface area contributed by atoms with Gasteiger partial charge < -0.3 is 15.3 Å². The number of aliphatic hydroxyl groups excluding tert-OH is 1. The Hall–Kier alpha value is -3.38. The fraction of sp³-hybridized carbons (Fsp3) is 0.333. The first-order chi connectivity index (χ1) is 16.9. The molecule has 1 amide bonds. The molecule has 0 saturated carbocycles. The molecule has 2 aromatic carbocycles. The largest absolute Gasteiger partial charge is 0.511 e. The zero-order valence-corrected chi connectivity index (χ0v) is 21.7. The molecule has 192 valence electrons. The molecule has 0 unspecified atom stereocenters. The Morgan fingerprint density at radius 2 is 1.89 bits per heavy atom. The van der Waals surface area contributed by atoms with E-state index in [2.05, 4.69) is 14.4 Å². The van der Waals surface area contributed by atoms with Gasteiger partial charge in [-0.2, -0.15) is 8.42 Å². The van der Waals surface area contributed by atoms with Crippen LogP contribution in [0.3, 0.4) is 0 Å². The molecule has 2 aliphatic rings. The molecule has 0 fully saturated rings. The van der Waals surface area contributed by atoms with E-state index in [-0.39, 0.29) is 39.9 Å². The average molecular weight is 533 g/mol. The van der Waals surface area contributed by atoms with Crippen molar-refractivity contribution in [2.75, 3.05) is 22.8 Å². The van der Waals surface area contributed by atoms with E-state index >= 15 is 0 Å². The van der Waals surface area contributed by atoms with Crippen LogP contribution in [0.15, 0.2) is 69.2 Å². The summed E-state index contributed by atoms with van der Waals surface area (Å²) in [5, 5.41) is 13.8. The molecule has 0 radical (unpaired) electrons. The Morgan fingerprint density at radius 3 is 2.53 bits per heavy atom. The standard InChI is InChI=1S/C24H28N4O6S2/c1-15(2)11-12-28-19(16-7-5-4-6-8-16)14-20(29)22(24(28)30)23-25-18-10-9-17(26-35(3,31)32)13-21(18)36(33,34)27-23/h4-10,13,15,19,26,29H,11-12,14H2,1-3H3,(H,25,27)/t19-/m1/s1. The number of anilines is 2. The molecule has 36 heavy (non-hydrogen) atoms. The van der Waals surface area contributed by atoms with Gasteiger partial charge in [-0.25, -0.2) is 8.42 Å². The van der Waals surface area contributed by atoms with Crippen LogP contribution in [-0.4, -0.2) is 51.4 Å². The summed E-state index contributed by atoms with van der Waals surface area (Å²) < 4.78 is 55.1. The smallest absolute Gasteiger partial charge is 0.286 e. The number of hydrogen-bond acceptors (Lipinski definition) is 7. The second kappa shape index (κ2) is 9.58. The minimum atomic E-state index is -4.30. The van der Waals surface area contributed by atoms with Crippen molar-refractivity contribution in [1.29, 1.82) is 0 Å². The van der Waals surface area contributed by atoms with Gasteiger partial charge in [0, 0.05) is 18.7 Å². The molecule has 12 heteroatoms. The van der Waals surface area contributed by atoms with Gasteiger partial charge >= 0.3 is 0 Å². The lowest BCUT2D eigenvalue weighted by Crippen LogP contribution is -2.44. The lowest BCUT2D eigenvalue weighted by Gasteiger charge is -2.37. The number of amidine groups is 1. The van der Waals surface area contributed by atoms with E-state index in [9.17, 15) is 26.7 Å². The van der Waals surface area contributed by atoms with Gasteiger partial charge in [0.2, 0.25) is 10.0 Å². The van der Waals surface area contributed by atoms with Crippen LogP contribution in [0.2, 0.25) is 0 Å². The topological polar surface area (TPSA) is 145 Å². The molecule has 0 aromatic heterocycles. The number of nitrogens with zero attached hydrogens (tertiary/aromatic N) is 2. The SMILES string of the molecule is CC(C)CCN1C(=O)C(C2=NS(=O)(=O)c3cc(NS(C)(=O)=O)ccc3N2)=C(O)C[C@@H]1c1ccccc1. The van der Waals surface area contributed by atoms with Crippen molar-refractivity contribution in [2.24, 2.45) is 10.3 Å². The first-order valence-corrected chi connectivity index (χ1v) is 14.7. The molecular formula is C24H28N4O6S2. The predicted octanol–water partition coefficient (Wildman–Crippen LogP) is 3.40. The molecule has 0 aliphatic carbocycles. The molecule has 2 aliphatic heterocycles. The first kappa shape index (κ1) is 25.7. The average Bonchev–Trinajstić information content (AvgIpc) is 2.77. The molecule has 1 atom stereocenters. The van der Waals surface area contributed by atoms with Crippen molar-refractivity contribution in [3.63, 3.8) is 0 Å². The highest BCUT2D eigenvalue weighted by Gasteiger charge is 2.40. The van der Waals surface area contributed by atoms with Gasteiger partial charge in [-0.1, -0.05) is 44.2 Å². The zero-order chi connectivity index (χ0) is 26.3. The van der Waals surface area contributed by atoms with Crippen LogP contribution in [0.25, 0.3) is 0 Å². The minimum Gasteiger partial charge on any atom is -0.511 e. The summed E-state index contributed by atoms with van der Waals surface area (Å²) in [6, 6.07) is 12.9. The van der Waals surface area contributed by atoms with Crippen LogP contribution in [0, 0.1) is 5.92 Å². The monoisotopic (exact) mass is 532 g/mol. The summed E-state index contributed by atoms with van der Waals surface area (Å²) >= 11 is 0. The quantitative estimate of drug-likeness (QED) is 0.495. The highest BCUT2D eigenvalue weighted by atomic mass is 32.2. The maximum Gasteiger partial charge on any atom is 0.286 e. The maximum atomic E-state index is 13.7. The number of sulfonamides is 2. The summed E-state index contributed by atoms with van der Waals surface area (Å²) in [5.41, 5.74) is 0.842. The van der Waals surface area contributed by atoms with E-state index in [1.165, 1.54) is 12.1 Å². The number of benzene rings is 2. The fourth-order valence-corrected chi connectivity index (χ4v) is 5.92. The predicted molar refractivity (Wildman–Crippen MR) is 138 cm³/mol. The van der Waals surface area contributed by atoms with Gasteiger partial charge in [0.1, 0.15) is 16.2 Å². The number of amides is 1. The lowest BCUT2D eigenvalue weighted by atomic mass is 9.92. The maximum absolute atomic E-state index is 13.7. The highest BCUT2D eigenvalue weighted by Crippen LogP contribution is 2.37. The Morgan fingerprint density at radius 1 is 1.19 bits per heavy atom. The van der Waals surface area contributed by atoms with Crippen LogP contribution < -0.4 is 10.0 Å². The van der Waals surface area contributed by atoms with E-state index in [0.717, 1.165) is 24.3 Å². The Balaban J connectivity index is 1.73. The number of fused-ring (bicyclic) bond motifs is 1. The third-order valence-corrected chi connectivity index (χ3v) is 7.85. The second-order valence-corrected chi connectivity index (χ2v) is 12.6. The number of nitrogens with one attached hydrogen (secondary N) is 2. The van der Waals surface area contributed by atoms with Crippen molar-refractivity contribution in [2.45, 2.75) is 37.6 Å². The van der Waals surface area contributed by atoms with E-state index in [0.29, 0.717) is 12.5 Å². The van der Waals surface area contributed by atoms with Crippen molar-refractivity contribution in [1.82, 2.24) is 4.90 Å². The Bertz CT molecular complexity index is 1470. The first-order valence-electron chi connectivity index (χ1n) is 11.4. The number of rotatable bonds is 7. The van der Waals surface area contributed by atoms with E-state index in [1.54, 1.807) is 4.90 Å². The van der Waals surface area contributed by atoms with Crippen molar-refractivity contribution in [3.8, 4) is 0 Å². The van der Waals surface area contributed by atoms with Gasteiger partial charge in [0.25, 0.3) is 15.9 Å². The second-order valence-electron chi connectivity index (χ2n) is 9.26.